The van der Waals surface area contributed by atoms with Crippen LogP contribution in [-0.2, 0) is 0 Å². The number of pyridine rings is 1. The Morgan fingerprint density at radius 1 is 1.05 bits per heavy atom. The van der Waals surface area contributed by atoms with E-state index in [1.165, 1.54) is 22.5 Å². The lowest BCUT2D eigenvalue weighted by atomic mass is 10.1. The topological polar surface area (TPSA) is 71.5 Å². The normalized spacial score (nSPS) is 11.7. The van der Waals surface area contributed by atoms with E-state index in [0.717, 1.165) is 9.79 Å². The highest BCUT2D eigenvalue weighted by Crippen LogP contribution is 2.31. The van der Waals surface area contributed by atoms with E-state index in [0.29, 0.717) is 5.69 Å². The molecule has 5 heteroatoms. The van der Waals surface area contributed by atoms with Gasteiger partial charge in [-0.25, -0.2) is 0 Å². The maximum atomic E-state index is 8.83. The molecule has 0 amide bonds. The van der Waals surface area contributed by atoms with Gasteiger partial charge in [0.15, 0.2) is 5.84 Å². The first-order valence-electron chi connectivity index (χ1n) is 6.37. The van der Waals surface area contributed by atoms with Crippen molar-refractivity contribution in [1.82, 2.24) is 4.98 Å². The van der Waals surface area contributed by atoms with Crippen LogP contribution in [0.25, 0.3) is 10.8 Å². The Balaban J connectivity index is 1.99. The van der Waals surface area contributed by atoms with Crippen molar-refractivity contribution in [3.63, 3.8) is 0 Å². The molecule has 4 nitrogen and oxygen atoms in total. The van der Waals surface area contributed by atoms with Crippen molar-refractivity contribution in [2.24, 2.45) is 10.9 Å². The summed E-state index contributed by atoms with van der Waals surface area (Å²) in [5.41, 5.74) is 6.15. The summed E-state index contributed by atoms with van der Waals surface area (Å²) < 4.78 is 0. The fourth-order valence-electron chi connectivity index (χ4n) is 2.07. The molecule has 3 aromatic rings. The van der Waals surface area contributed by atoms with Gasteiger partial charge >= 0.3 is 0 Å². The van der Waals surface area contributed by atoms with E-state index in [9.17, 15) is 0 Å². The minimum Gasteiger partial charge on any atom is -0.409 e. The molecule has 0 atom stereocenters. The molecule has 0 saturated carbocycles. The van der Waals surface area contributed by atoms with Crippen LogP contribution in [-0.4, -0.2) is 16.0 Å². The molecule has 1 aromatic heterocycles. The summed E-state index contributed by atoms with van der Waals surface area (Å²) in [5, 5.41) is 14.2. The summed E-state index contributed by atoms with van der Waals surface area (Å²) in [5.74, 6) is 0.0129. The van der Waals surface area contributed by atoms with Gasteiger partial charge in [-0.15, -0.1) is 0 Å². The summed E-state index contributed by atoms with van der Waals surface area (Å²) in [7, 11) is 0. The Labute approximate surface area is 126 Å². The Kier molecular flexibility index (Phi) is 3.75. The monoisotopic (exact) mass is 295 g/mol. The molecule has 0 fully saturated rings. The van der Waals surface area contributed by atoms with Gasteiger partial charge in [-0.3, -0.25) is 4.98 Å². The lowest BCUT2D eigenvalue weighted by Gasteiger charge is -2.07. The number of nitrogens with zero attached hydrogens (tertiary/aromatic N) is 2. The minimum atomic E-state index is 0.0129. The first kappa shape index (κ1) is 13.5. The van der Waals surface area contributed by atoms with E-state index >= 15 is 0 Å². The van der Waals surface area contributed by atoms with Crippen molar-refractivity contribution in [2.45, 2.75) is 9.79 Å². The van der Waals surface area contributed by atoms with Crippen LogP contribution in [0.5, 0.6) is 0 Å². The predicted molar refractivity (Wildman–Crippen MR) is 84.8 cm³/mol. The zero-order valence-corrected chi connectivity index (χ0v) is 11.9. The lowest BCUT2D eigenvalue weighted by molar-refractivity contribution is 0.318. The standard InChI is InChI=1S/C16H13N3OS/c17-16(19-20)15-14(6-3-9-18-15)21-13-8-7-11-4-1-2-5-12(11)10-13/h1-10,20H,(H2,17,19). The highest BCUT2D eigenvalue weighted by atomic mass is 32.2. The first-order valence-corrected chi connectivity index (χ1v) is 7.19. The molecule has 0 radical (unpaired) electrons. The molecule has 104 valence electrons. The highest BCUT2D eigenvalue weighted by molar-refractivity contribution is 7.99. The molecule has 21 heavy (non-hydrogen) atoms. The molecule has 0 aliphatic carbocycles. The fraction of sp³-hybridized carbons (Fsp3) is 0. The molecule has 3 N–H and O–H groups in total. The molecule has 3 rings (SSSR count). The number of rotatable bonds is 3. The number of benzene rings is 2. The maximum absolute atomic E-state index is 8.83. The predicted octanol–water partition coefficient (Wildman–Crippen LogP) is 3.48. The van der Waals surface area contributed by atoms with Crippen molar-refractivity contribution in [1.29, 1.82) is 0 Å². The molecular formula is C16H13N3OS. The summed E-state index contributed by atoms with van der Waals surface area (Å²) in [6, 6.07) is 18.2. The third kappa shape index (κ3) is 2.83. The Hall–Kier alpha value is -2.53. The van der Waals surface area contributed by atoms with Crippen molar-refractivity contribution in [2.75, 3.05) is 0 Å². The molecule has 0 aliphatic rings. The summed E-state index contributed by atoms with van der Waals surface area (Å²) in [4.78, 5) is 6.10. The molecule has 2 aromatic carbocycles. The van der Waals surface area contributed by atoms with Gasteiger partial charge in [0.2, 0.25) is 0 Å². The highest BCUT2D eigenvalue weighted by Gasteiger charge is 2.09. The number of hydrogen-bond acceptors (Lipinski definition) is 4. The number of nitrogens with two attached hydrogens (primary N) is 1. The average Bonchev–Trinajstić information content (AvgIpc) is 2.54. The second-order valence-electron chi connectivity index (χ2n) is 4.45. The number of aromatic nitrogens is 1. The number of oxime groups is 1. The quantitative estimate of drug-likeness (QED) is 0.336. The summed E-state index contributed by atoms with van der Waals surface area (Å²) >= 11 is 1.54. The summed E-state index contributed by atoms with van der Waals surface area (Å²) in [6.07, 6.45) is 1.62. The van der Waals surface area contributed by atoms with Gasteiger partial charge in [0, 0.05) is 16.0 Å². The third-order valence-corrected chi connectivity index (χ3v) is 4.11. The van der Waals surface area contributed by atoms with Crippen molar-refractivity contribution < 1.29 is 5.21 Å². The van der Waals surface area contributed by atoms with Crippen LogP contribution in [0.4, 0.5) is 0 Å². The Morgan fingerprint density at radius 2 is 1.86 bits per heavy atom. The molecule has 0 aliphatic heterocycles. The van der Waals surface area contributed by atoms with Crippen LogP contribution in [0, 0.1) is 0 Å². The fourth-order valence-corrected chi connectivity index (χ4v) is 3.05. The van der Waals surface area contributed by atoms with Gasteiger partial charge < -0.3 is 10.9 Å². The van der Waals surface area contributed by atoms with Gasteiger partial charge in [0.1, 0.15) is 5.69 Å². The van der Waals surface area contributed by atoms with E-state index < -0.39 is 0 Å². The van der Waals surface area contributed by atoms with E-state index in [1.807, 2.05) is 24.3 Å². The van der Waals surface area contributed by atoms with Crippen LogP contribution in [0.15, 0.2) is 75.7 Å². The lowest BCUT2D eigenvalue weighted by Crippen LogP contribution is -2.15. The zero-order valence-electron chi connectivity index (χ0n) is 11.1. The SMILES string of the molecule is N/C(=N/O)c1ncccc1Sc1ccc2ccccc2c1. The van der Waals surface area contributed by atoms with Crippen LogP contribution < -0.4 is 5.73 Å². The number of hydrogen-bond donors (Lipinski definition) is 2. The van der Waals surface area contributed by atoms with Gasteiger partial charge in [0.05, 0.1) is 0 Å². The van der Waals surface area contributed by atoms with Crippen molar-refractivity contribution in [3.8, 4) is 0 Å². The van der Waals surface area contributed by atoms with Gasteiger partial charge in [-0.2, -0.15) is 0 Å². The molecule has 1 heterocycles. The number of amidine groups is 1. The second-order valence-corrected chi connectivity index (χ2v) is 5.56. The van der Waals surface area contributed by atoms with E-state index in [-0.39, 0.29) is 5.84 Å². The van der Waals surface area contributed by atoms with Gasteiger partial charge in [-0.05, 0) is 35.0 Å². The molecular weight excluding hydrogens is 282 g/mol. The largest absolute Gasteiger partial charge is 0.409 e. The van der Waals surface area contributed by atoms with Crippen LogP contribution in [0.3, 0.4) is 0 Å². The zero-order chi connectivity index (χ0) is 14.7. The smallest absolute Gasteiger partial charge is 0.189 e. The average molecular weight is 295 g/mol. The second kappa shape index (κ2) is 5.85. The molecule has 0 unspecified atom stereocenters. The maximum Gasteiger partial charge on any atom is 0.189 e. The van der Waals surface area contributed by atoms with Crippen molar-refractivity contribution in [3.05, 3.63) is 66.5 Å². The van der Waals surface area contributed by atoms with Gasteiger partial charge in [-0.1, -0.05) is 47.2 Å². The minimum absolute atomic E-state index is 0.0129. The Bertz CT molecular complexity index is 817. The third-order valence-electron chi connectivity index (χ3n) is 3.07. The van der Waals surface area contributed by atoms with Crippen LogP contribution in [0.2, 0.25) is 0 Å². The summed E-state index contributed by atoms with van der Waals surface area (Å²) in [6.45, 7) is 0. The van der Waals surface area contributed by atoms with Crippen molar-refractivity contribution >= 4 is 28.4 Å². The molecule has 0 spiro atoms. The first-order chi connectivity index (χ1) is 10.3. The van der Waals surface area contributed by atoms with Crippen LogP contribution >= 0.6 is 11.8 Å². The van der Waals surface area contributed by atoms with E-state index in [4.69, 9.17) is 10.9 Å². The van der Waals surface area contributed by atoms with Gasteiger partial charge in [0.25, 0.3) is 0 Å². The van der Waals surface area contributed by atoms with E-state index in [1.54, 1.807) is 6.20 Å². The number of fused-ring (bicyclic) bond motifs is 1. The molecule has 0 bridgehead atoms. The van der Waals surface area contributed by atoms with E-state index in [2.05, 4.69) is 40.5 Å². The van der Waals surface area contributed by atoms with Crippen LogP contribution in [0.1, 0.15) is 5.69 Å². The Morgan fingerprint density at radius 3 is 2.67 bits per heavy atom. The molecule has 0 saturated heterocycles.